The first-order chi connectivity index (χ1) is 7.22. The van der Waals surface area contributed by atoms with Crippen LogP contribution in [0.3, 0.4) is 0 Å². The van der Waals surface area contributed by atoms with Crippen molar-refractivity contribution < 1.29 is 19.7 Å². The van der Waals surface area contributed by atoms with Crippen molar-refractivity contribution in [2.24, 2.45) is 0 Å². The highest BCUT2D eigenvalue weighted by Crippen LogP contribution is 2.12. The predicted molar refractivity (Wildman–Crippen MR) is 55.7 cm³/mol. The highest BCUT2D eigenvalue weighted by Gasteiger charge is 1.93. The van der Waals surface area contributed by atoms with E-state index >= 15 is 0 Å². The number of benzene rings is 1. The average Bonchev–Trinajstić information content (AvgIpc) is 2.25. The Hall–Kier alpha value is -1.81. The van der Waals surface area contributed by atoms with Crippen molar-refractivity contribution in [3.8, 4) is 5.75 Å². The lowest BCUT2D eigenvalue weighted by Crippen LogP contribution is -2.01. The van der Waals surface area contributed by atoms with Crippen LogP contribution in [0.15, 0.2) is 30.3 Å². The number of carboxylic acids is 1. The van der Waals surface area contributed by atoms with Gasteiger partial charge in [0.25, 0.3) is 0 Å². The third-order valence-electron chi connectivity index (χ3n) is 1.66. The molecule has 0 aliphatic carbocycles. The van der Waals surface area contributed by atoms with Gasteiger partial charge >= 0.3 is 5.97 Å². The quantitative estimate of drug-likeness (QED) is 0.712. The summed E-state index contributed by atoms with van der Waals surface area (Å²) in [6.45, 7) is 0.227. The second kappa shape index (κ2) is 5.82. The molecule has 4 heteroatoms. The summed E-state index contributed by atoms with van der Waals surface area (Å²) in [5, 5.41) is 16.9. The van der Waals surface area contributed by atoms with Crippen LogP contribution in [0.25, 0.3) is 6.08 Å². The number of carbonyl (C=O) groups is 1. The number of hydrogen-bond donors (Lipinski definition) is 2. The number of aliphatic carboxylic acids is 1. The molecule has 0 aliphatic heterocycles. The minimum absolute atomic E-state index is 0.0271. The van der Waals surface area contributed by atoms with Gasteiger partial charge in [0.15, 0.2) is 0 Å². The monoisotopic (exact) mass is 208 g/mol. The van der Waals surface area contributed by atoms with Crippen LogP contribution in [0.1, 0.15) is 5.56 Å². The predicted octanol–water partition coefficient (Wildman–Crippen LogP) is 1.16. The van der Waals surface area contributed by atoms with Crippen LogP contribution in [0, 0.1) is 0 Å². The molecule has 2 N–H and O–H groups in total. The van der Waals surface area contributed by atoms with Crippen LogP contribution in [0.5, 0.6) is 5.75 Å². The third kappa shape index (κ3) is 4.28. The maximum atomic E-state index is 10.2. The van der Waals surface area contributed by atoms with Crippen LogP contribution in [-0.2, 0) is 4.79 Å². The molecule has 80 valence electrons. The normalized spacial score (nSPS) is 10.5. The molecular weight excluding hydrogens is 196 g/mol. The van der Waals surface area contributed by atoms with Gasteiger partial charge in [-0.15, -0.1) is 0 Å². The number of carboxylic acid groups (broad SMARTS) is 1. The molecule has 15 heavy (non-hydrogen) atoms. The van der Waals surface area contributed by atoms with E-state index in [-0.39, 0.29) is 13.2 Å². The van der Waals surface area contributed by atoms with Gasteiger partial charge in [0.2, 0.25) is 0 Å². The van der Waals surface area contributed by atoms with Crippen LogP contribution in [0.2, 0.25) is 0 Å². The van der Waals surface area contributed by atoms with E-state index in [1.165, 1.54) is 6.08 Å². The highest BCUT2D eigenvalue weighted by atomic mass is 16.5. The summed E-state index contributed by atoms with van der Waals surface area (Å²) in [4.78, 5) is 10.2. The Labute approximate surface area is 87.4 Å². The zero-order chi connectivity index (χ0) is 11.1. The summed E-state index contributed by atoms with van der Waals surface area (Å²) in [7, 11) is 0. The van der Waals surface area contributed by atoms with Crippen LogP contribution < -0.4 is 4.74 Å². The van der Waals surface area contributed by atoms with E-state index in [4.69, 9.17) is 14.9 Å². The maximum Gasteiger partial charge on any atom is 0.328 e. The lowest BCUT2D eigenvalue weighted by atomic mass is 10.2. The second-order valence-electron chi connectivity index (χ2n) is 2.81. The van der Waals surface area contributed by atoms with E-state index < -0.39 is 5.97 Å². The Morgan fingerprint density at radius 2 is 2.00 bits per heavy atom. The van der Waals surface area contributed by atoms with Crippen molar-refractivity contribution >= 4 is 12.0 Å². The summed E-state index contributed by atoms with van der Waals surface area (Å²) >= 11 is 0. The number of aliphatic hydroxyl groups is 1. The molecule has 0 aromatic heterocycles. The fourth-order valence-corrected chi connectivity index (χ4v) is 1.01. The fourth-order valence-electron chi connectivity index (χ4n) is 1.01. The van der Waals surface area contributed by atoms with Gasteiger partial charge in [-0.25, -0.2) is 4.79 Å². The topological polar surface area (TPSA) is 66.8 Å². The number of ether oxygens (including phenoxy) is 1. The van der Waals surface area contributed by atoms with Gasteiger partial charge in [-0.1, -0.05) is 12.1 Å². The van der Waals surface area contributed by atoms with Gasteiger partial charge in [-0.05, 0) is 23.8 Å². The fraction of sp³-hybridized carbons (Fsp3) is 0.182. The number of rotatable bonds is 5. The molecule has 0 fully saturated rings. The molecule has 0 amide bonds. The first kappa shape index (κ1) is 11.3. The van der Waals surface area contributed by atoms with Crippen molar-refractivity contribution in [3.05, 3.63) is 35.9 Å². The standard InChI is InChI=1S/C11H12O4/c12-7-8-15-10-4-1-9(2-5-10)3-6-11(13)14/h1-6,12H,7-8H2,(H,13,14)/b6-3+. The molecule has 0 aliphatic rings. The summed E-state index contributed by atoms with van der Waals surface area (Å²) in [5.74, 6) is -0.327. The molecule has 0 saturated heterocycles. The molecule has 0 unspecified atom stereocenters. The Morgan fingerprint density at radius 1 is 1.33 bits per heavy atom. The summed E-state index contributed by atoms with van der Waals surface area (Å²) < 4.78 is 5.15. The van der Waals surface area contributed by atoms with Gasteiger partial charge in [-0.3, -0.25) is 0 Å². The largest absolute Gasteiger partial charge is 0.491 e. The SMILES string of the molecule is O=C(O)/C=C/c1ccc(OCCO)cc1. The Kier molecular flexibility index (Phi) is 4.37. The molecule has 1 aromatic rings. The van der Waals surface area contributed by atoms with Gasteiger partial charge in [0, 0.05) is 6.08 Å². The zero-order valence-corrected chi connectivity index (χ0v) is 8.09. The third-order valence-corrected chi connectivity index (χ3v) is 1.66. The number of hydrogen-bond acceptors (Lipinski definition) is 3. The average molecular weight is 208 g/mol. The minimum atomic E-state index is -0.976. The summed E-state index contributed by atoms with van der Waals surface area (Å²) in [5.41, 5.74) is 0.786. The van der Waals surface area contributed by atoms with Gasteiger partial charge in [0.1, 0.15) is 12.4 Å². The highest BCUT2D eigenvalue weighted by molar-refractivity contribution is 5.85. The smallest absolute Gasteiger partial charge is 0.328 e. The zero-order valence-electron chi connectivity index (χ0n) is 8.09. The maximum absolute atomic E-state index is 10.2. The molecule has 1 rings (SSSR count). The second-order valence-corrected chi connectivity index (χ2v) is 2.81. The first-order valence-corrected chi connectivity index (χ1v) is 4.47. The Bertz CT molecular complexity index is 340. The van der Waals surface area contributed by atoms with Crippen LogP contribution in [-0.4, -0.2) is 29.4 Å². The Balaban J connectivity index is 2.60. The Morgan fingerprint density at radius 3 is 2.53 bits per heavy atom. The van der Waals surface area contributed by atoms with Crippen molar-refractivity contribution in [3.63, 3.8) is 0 Å². The van der Waals surface area contributed by atoms with E-state index in [0.717, 1.165) is 11.6 Å². The van der Waals surface area contributed by atoms with E-state index in [9.17, 15) is 4.79 Å². The minimum Gasteiger partial charge on any atom is -0.491 e. The van der Waals surface area contributed by atoms with Crippen molar-refractivity contribution in [2.45, 2.75) is 0 Å². The molecule has 4 nitrogen and oxygen atoms in total. The lowest BCUT2D eigenvalue weighted by Gasteiger charge is -2.03. The summed E-state index contributed by atoms with van der Waals surface area (Å²) in [6, 6.07) is 6.92. The van der Waals surface area contributed by atoms with Crippen LogP contribution in [0.4, 0.5) is 0 Å². The molecule has 0 heterocycles. The molecule has 0 saturated carbocycles. The molecule has 0 spiro atoms. The van der Waals surface area contributed by atoms with E-state index in [1.54, 1.807) is 24.3 Å². The molecule has 0 bridgehead atoms. The van der Waals surface area contributed by atoms with Gasteiger partial charge < -0.3 is 14.9 Å². The van der Waals surface area contributed by atoms with Crippen LogP contribution >= 0.6 is 0 Å². The van der Waals surface area contributed by atoms with Crippen molar-refractivity contribution in [2.75, 3.05) is 13.2 Å². The number of aliphatic hydroxyl groups excluding tert-OH is 1. The molecular formula is C11H12O4. The van der Waals surface area contributed by atoms with E-state index in [2.05, 4.69) is 0 Å². The van der Waals surface area contributed by atoms with E-state index in [1.807, 2.05) is 0 Å². The van der Waals surface area contributed by atoms with Gasteiger partial charge in [-0.2, -0.15) is 0 Å². The molecule has 0 atom stereocenters. The molecule has 1 aromatic carbocycles. The lowest BCUT2D eigenvalue weighted by molar-refractivity contribution is -0.131. The van der Waals surface area contributed by atoms with Crippen molar-refractivity contribution in [1.29, 1.82) is 0 Å². The van der Waals surface area contributed by atoms with E-state index in [0.29, 0.717) is 5.75 Å². The first-order valence-electron chi connectivity index (χ1n) is 4.47. The van der Waals surface area contributed by atoms with Crippen molar-refractivity contribution in [1.82, 2.24) is 0 Å². The van der Waals surface area contributed by atoms with Gasteiger partial charge in [0.05, 0.1) is 6.61 Å². The summed E-state index contributed by atoms with van der Waals surface area (Å²) in [6.07, 6.45) is 2.57. The molecule has 0 radical (unpaired) electrons.